The molecule has 7 nitrogen and oxygen atoms in total. The number of hydrogen-bond acceptors (Lipinski definition) is 6. The van der Waals surface area contributed by atoms with Crippen LogP contribution in [0.25, 0.3) is 0 Å². The van der Waals surface area contributed by atoms with Gasteiger partial charge in [-0.15, -0.1) is 0 Å². The quantitative estimate of drug-likeness (QED) is 0.685. The fraction of sp³-hybridized carbons (Fsp3) is 0.278. The van der Waals surface area contributed by atoms with E-state index in [-0.39, 0.29) is 12.5 Å². The van der Waals surface area contributed by atoms with Gasteiger partial charge < -0.3 is 18.6 Å². The Morgan fingerprint density at radius 1 is 1.16 bits per heavy atom. The van der Waals surface area contributed by atoms with Gasteiger partial charge in [0.25, 0.3) is 5.91 Å². The molecule has 130 valence electrons. The third-order valence-electron chi connectivity index (χ3n) is 3.57. The molecule has 2 heterocycles. The summed E-state index contributed by atoms with van der Waals surface area (Å²) >= 11 is 0. The predicted octanol–water partition coefficient (Wildman–Crippen LogP) is 3.13. The van der Waals surface area contributed by atoms with Crippen molar-refractivity contribution in [3.05, 3.63) is 65.2 Å². The van der Waals surface area contributed by atoms with Gasteiger partial charge in [0.1, 0.15) is 17.3 Å². The fourth-order valence-electron chi connectivity index (χ4n) is 2.34. The highest BCUT2D eigenvalue weighted by Crippen LogP contribution is 2.16. The van der Waals surface area contributed by atoms with Crippen molar-refractivity contribution in [1.82, 2.24) is 15.0 Å². The molecule has 0 spiro atoms. The molecule has 0 aliphatic carbocycles. The number of amides is 1. The highest BCUT2D eigenvalue weighted by atomic mass is 16.5. The lowest BCUT2D eigenvalue weighted by atomic mass is 10.2. The lowest BCUT2D eigenvalue weighted by Gasteiger charge is -2.16. The summed E-state index contributed by atoms with van der Waals surface area (Å²) in [7, 11) is 1.74. The summed E-state index contributed by atoms with van der Waals surface area (Å²) in [5.41, 5.74) is 0.577. The van der Waals surface area contributed by atoms with Crippen LogP contribution in [0.3, 0.4) is 0 Å². The second kappa shape index (κ2) is 7.21. The Balaban J connectivity index is 1.58. The Labute approximate surface area is 145 Å². The number of aryl methyl sites for hydroxylation is 2. The monoisotopic (exact) mass is 341 g/mol. The molecule has 3 aromatic rings. The maximum absolute atomic E-state index is 12.5. The summed E-state index contributed by atoms with van der Waals surface area (Å²) < 4.78 is 16.0. The van der Waals surface area contributed by atoms with Crippen LogP contribution < -0.4 is 4.74 Å². The van der Waals surface area contributed by atoms with Gasteiger partial charge >= 0.3 is 0 Å². The first-order valence-corrected chi connectivity index (χ1v) is 7.84. The lowest BCUT2D eigenvalue weighted by Crippen LogP contribution is -2.25. The van der Waals surface area contributed by atoms with Crippen molar-refractivity contribution < 1.29 is 18.5 Å². The minimum absolute atomic E-state index is 0.0885. The van der Waals surface area contributed by atoms with Crippen LogP contribution in [0.15, 0.2) is 45.3 Å². The van der Waals surface area contributed by atoms with E-state index >= 15 is 0 Å². The van der Waals surface area contributed by atoms with E-state index < -0.39 is 0 Å². The Morgan fingerprint density at radius 2 is 1.92 bits per heavy atom. The van der Waals surface area contributed by atoms with Gasteiger partial charge in [0.05, 0.1) is 6.54 Å². The highest BCUT2D eigenvalue weighted by Gasteiger charge is 2.14. The summed E-state index contributed by atoms with van der Waals surface area (Å²) in [6.07, 6.45) is 0. The molecule has 0 aliphatic rings. The molecule has 0 saturated carbocycles. The molecule has 2 aromatic heterocycles. The third kappa shape index (κ3) is 4.26. The van der Waals surface area contributed by atoms with Crippen LogP contribution in [0.4, 0.5) is 0 Å². The van der Waals surface area contributed by atoms with Crippen molar-refractivity contribution in [2.45, 2.75) is 27.0 Å². The van der Waals surface area contributed by atoms with Crippen molar-refractivity contribution in [1.29, 1.82) is 0 Å². The maximum atomic E-state index is 12.5. The number of furan rings is 1. The summed E-state index contributed by atoms with van der Waals surface area (Å²) in [6.45, 7) is 4.22. The average molecular weight is 341 g/mol. The number of nitrogens with zero attached hydrogens (tertiary/aromatic N) is 3. The Morgan fingerprint density at radius 3 is 2.52 bits per heavy atom. The predicted molar refractivity (Wildman–Crippen MR) is 89.1 cm³/mol. The molecular formula is C18H19N3O4. The largest absolute Gasteiger partial charge is 0.485 e. The number of rotatable bonds is 6. The van der Waals surface area contributed by atoms with Crippen molar-refractivity contribution in [3.63, 3.8) is 0 Å². The topological polar surface area (TPSA) is 81.6 Å². The summed E-state index contributed by atoms with van der Waals surface area (Å²) in [4.78, 5) is 18.1. The molecule has 0 aliphatic heterocycles. The number of benzene rings is 1. The van der Waals surface area contributed by atoms with Crippen LogP contribution in [-0.2, 0) is 13.2 Å². The first kappa shape index (κ1) is 16.8. The van der Waals surface area contributed by atoms with Crippen LogP contribution >= 0.6 is 0 Å². The van der Waals surface area contributed by atoms with E-state index in [0.29, 0.717) is 29.6 Å². The van der Waals surface area contributed by atoms with Crippen LogP contribution in [0.2, 0.25) is 0 Å². The standard InChI is InChI=1S/C18H19N3O4/c1-12-4-7-16(24-12)10-21(3)18(22)14-5-8-15(9-6-14)23-11-17-19-13(2)25-20-17/h4-9H,10-11H2,1-3H3. The number of ether oxygens (including phenoxy) is 1. The zero-order chi connectivity index (χ0) is 17.8. The van der Waals surface area contributed by atoms with E-state index in [1.54, 1.807) is 43.1 Å². The van der Waals surface area contributed by atoms with Gasteiger partial charge in [0.2, 0.25) is 11.7 Å². The van der Waals surface area contributed by atoms with Gasteiger partial charge in [0, 0.05) is 19.5 Å². The van der Waals surface area contributed by atoms with Crippen LogP contribution in [0, 0.1) is 13.8 Å². The molecule has 1 amide bonds. The molecule has 0 N–H and O–H groups in total. The Kier molecular flexibility index (Phi) is 4.83. The van der Waals surface area contributed by atoms with Gasteiger partial charge in [-0.1, -0.05) is 5.16 Å². The van der Waals surface area contributed by atoms with Crippen LogP contribution in [0.5, 0.6) is 5.75 Å². The zero-order valence-electron chi connectivity index (χ0n) is 14.4. The molecular weight excluding hydrogens is 322 g/mol. The molecule has 25 heavy (non-hydrogen) atoms. The van der Waals surface area contributed by atoms with E-state index in [9.17, 15) is 4.79 Å². The first-order chi connectivity index (χ1) is 12.0. The fourth-order valence-corrected chi connectivity index (χ4v) is 2.34. The van der Waals surface area contributed by atoms with Crippen LogP contribution in [0.1, 0.15) is 33.6 Å². The summed E-state index contributed by atoms with van der Waals surface area (Å²) in [5, 5.41) is 3.76. The van der Waals surface area contributed by atoms with E-state index in [1.165, 1.54) is 0 Å². The van der Waals surface area contributed by atoms with Gasteiger partial charge in [-0.25, -0.2) is 0 Å². The van der Waals surface area contributed by atoms with Gasteiger partial charge in [-0.2, -0.15) is 4.98 Å². The Hall–Kier alpha value is -3.09. The van der Waals surface area contributed by atoms with Crippen molar-refractivity contribution in [3.8, 4) is 5.75 Å². The second-order valence-corrected chi connectivity index (χ2v) is 5.72. The number of carbonyl (C=O) groups is 1. The van der Waals surface area contributed by atoms with Gasteiger partial charge in [0.15, 0.2) is 6.61 Å². The van der Waals surface area contributed by atoms with E-state index in [1.807, 2.05) is 19.1 Å². The minimum Gasteiger partial charge on any atom is -0.485 e. The van der Waals surface area contributed by atoms with Gasteiger partial charge in [-0.3, -0.25) is 4.79 Å². The van der Waals surface area contributed by atoms with Crippen molar-refractivity contribution in [2.75, 3.05) is 7.05 Å². The van der Waals surface area contributed by atoms with Crippen LogP contribution in [-0.4, -0.2) is 28.0 Å². The molecule has 7 heteroatoms. The number of aromatic nitrogens is 2. The molecule has 0 unspecified atom stereocenters. The van der Waals surface area contributed by atoms with E-state index in [2.05, 4.69) is 10.1 Å². The lowest BCUT2D eigenvalue weighted by molar-refractivity contribution is 0.0775. The molecule has 0 fully saturated rings. The average Bonchev–Trinajstić information content (AvgIpc) is 3.21. The van der Waals surface area contributed by atoms with E-state index in [4.69, 9.17) is 13.7 Å². The van der Waals surface area contributed by atoms with E-state index in [0.717, 1.165) is 11.5 Å². The minimum atomic E-state index is -0.0885. The number of carbonyl (C=O) groups excluding carboxylic acids is 1. The third-order valence-corrected chi connectivity index (χ3v) is 3.57. The smallest absolute Gasteiger partial charge is 0.254 e. The molecule has 1 aromatic carbocycles. The normalized spacial score (nSPS) is 10.7. The first-order valence-electron chi connectivity index (χ1n) is 7.84. The van der Waals surface area contributed by atoms with Crippen molar-refractivity contribution in [2.24, 2.45) is 0 Å². The summed E-state index contributed by atoms with van der Waals surface area (Å²) in [5.74, 6) is 3.09. The highest BCUT2D eigenvalue weighted by molar-refractivity contribution is 5.94. The molecule has 0 atom stereocenters. The van der Waals surface area contributed by atoms with Gasteiger partial charge in [-0.05, 0) is 43.3 Å². The van der Waals surface area contributed by atoms with Crippen molar-refractivity contribution >= 4 is 5.91 Å². The summed E-state index contributed by atoms with van der Waals surface area (Å²) in [6, 6.07) is 10.7. The second-order valence-electron chi connectivity index (χ2n) is 5.72. The molecule has 0 bridgehead atoms. The number of hydrogen-bond donors (Lipinski definition) is 0. The Bertz CT molecular complexity index is 851. The molecule has 0 radical (unpaired) electrons. The zero-order valence-corrected chi connectivity index (χ0v) is 14.4. The SMILES string of the molecule is Cc1ccc(CN(C)C(=O)c2ccc(OCc3noc(C)n3)cc2)o1. The maximum Gasteiger partial charge on any atom is 0.254 e. The molecule has 0 saturated heterocycles. The molecule has 3 rings (SSSR count).